The number of nitrogens with one attached hydrogen (secondary N) is 2. The maximum absolute atomic E-state index is 12.5. The summed E-state index contributed by atoms with van der Waals surface area (Å²) in [5, 5.41) is 7.95. The van der Waals surface area contributed by atoms with E-state index in [9.17, 15) is 14.4 Å². The third kappa shape index (κ3) is 6.35. The lowest BCUT2D eigenvalue weighted by molar-refractivity contribution is -0.136. The maximum Gasteiger partial charge on any atom is 0.341 e. The van der Waals surface area contributed by atoms with Gasteiger partial charge in [-0.05, 0) is 80.1 Å². The maximum atomic E-state index is 12.5. The highest BCUT2D eigenvalue weighted by Gasteiger charge is 2.28. The predicted octanol–water partition coefficient (Wildman–Crippen LogP) is 5.78. The molecule has 0 fully saturated rings. The van der Waals surface area contributed by atoms with Crippen molar-refractivity contribution >= 4 is 63.0 Å². The fourth-order valence-electron chi connectivity index (χ4n) is 4.00. The second-order valence-corrected chi connectivity index (χ2v) is 10.4. The average molecular weight is 574 g/mol. The molecule has 0 aliphatic heterocycles. The van der Waals surface area contributed by atoms with Crippen molar-refractivity contribution in [2.45, 2.75) is 39.2 Å². The number of anilines is 1. The molecule has 11 heteroatoms. The first kappa shape index (κ1) is 27.6. The van der Waals surface area contributed by atoms with Gasteiger partial charge < -0.3 is 14.8 Å². The van der Waals surface area contributed by atoms with E-state index in [1.165, 1.54) is 18.4 Å². The minimum absolute atomic E-state index is 0.209. The van der Waals surface area contributed by atoms with Crippen molar-refractivity contribution in [2.75, 3.05) is 12.4 Å². The van der Waals surface area contributed by atoms with Crippen molar-refractivity contribution in [1.82, 2.24) is 5.43 Å². The summed E-state index contributed by atoms with van der Waals surface area (Å²) in [6.07, 6.45) is 3.53. The Morgan fingerprint density at radius 3 is 2.37 bits per heavy atom. The van der Waals surface area contributed by atoms with Gasteiger partial charge in [-0.2, -0.15) is 5.10 Å². The zero-order chi connectivity index (χ0) is 27.2. The normalized spacial score (nSPS) is 12.9. The number of carbonyl (C=O) groups is 3. The smallest absolute Gasteiger partial charge is 0.341 e. The van der Waals surface area contributed by atoms with Gasteiger partial charge in [0.2, 0.25) is 0 Å². The van der Waals surface area contributed by atoms with Crippen LogP contribution in [0.25, 0.3) is 0 Å². The van der Waals surface area contributed by atoms with Crippen molar-refractivity contribution in [3.8, 4) is 5.75 Å². The molecule has 1 aromatic heterocycles. The quantitative estimate of drug-likeness (QED) is 0.161. The molecule has 1 aliphatic rings. The van der Waals surface area contributed by atoms with Gasteiger partial charge in [-0.1, -0.05) is 29.3 Å². The highest BCUT2D eigenvalue weighted by atomic mass is 35.5. The number of esters is 1. The summed E-state index contributed by atoms with van der Waals surface area (Å²) < 4.78 is 10.7. The number of thiophene rings is 1. The second-order valence-electron chi connectivity index (χ2n) is 8.51. The first-order valence-electron chi connectivity index (χ1n) is 11.8. The molecule has 1 aliphatic carbocycles. The molecule has 0 bridgehead atoms. The van der Waals surface area contributed by atoms with E-state index in [0.29, 0.717) is 43.2 Å². The molecular formula is C27H25Cl2N3O5S. The lowest BCUT2D eigenvalue weighted by Crippen LogP contribution is -2.33. The van der Waals surface area contributed by atoms with Crippen LogP contribution < -0.4 is 15.5 Å². The number of hydrazone groups is 1. The van der Waals surface area contributed by atoms with Crippen LogP contribution in [0.5, 0.6) is 5.75 Å². The van der Waals surface area contributed by atoms with Crippen LogP contribution >= 0.6 is 34.5 Å². The fourth-order valence-corrected chi connectivity index (χ4v) is 5.78. The van der Waals surface area contributed by atoms with Gasteiger partial charge in [-0.15, -0.1) is 11.3 Å². The summed E-state index contributed by atoms with van der Waals surface area (Å²) in [5.74, 6) is -1.81. The van der Waals surface area contributed by atoms with E-state index in [1.807, 2.05) is 0 Å². The Labute approximate surface area is 233 Å². The van der Waals surface area contributed by atoms with Crippen LogP contribution in [0.4, 0.5) is 5.00 Å². The van der Waals surface area contributed by atoms with Gasteiger partial charge in [0.25, 0.3) is 0 Å². The molecule has 0 unspecified atom stereocenters. The standard InChI is InChI=1S/C27H25Cl2N3O5S/c1-15(16-10-12-17(13-11-16)37-14-19-20(28)7-5-8-21(19)29)31-32-25(34)24(33)30-26-23(27(35)36-2)18-6-3-4-9-22(18)38-26/h5,7-8,10-13H,3-4,6,9,14H2,1-2H3,(H,30,33)(H,32,34)/b31-15+. The molecule has 2 aromatic carbocycles. The van der Waals surface area contributed by atoms with E-state index in [2.05, 4.69) is 15.8 Å². The van der Waals surface area contributed by atoms with Crippen LogP contribution in [0, 0.1) is 0 Å². The Bertz CT molecular complexity index is 1380. The average Bonchev–Trinajstić information content (AvgIpc) is 3.28. The molecule has 38 heavy (non-hydrogen) atoms. The number of fused-ring (bicyclic) bond motifs is 1. The van der Waals surface area contributed by atoms with E-state index in [4.69, 9.17) is 32.7 Å². The molecule has 0 radical (unpaired) electrons. The first-order chi connectivity index (χ1) is 18.3. The van der Waals surface area contributed by atoms with Gasteiger partial charge in [0.1, 0.15) is 17.4 Å². The van der Waals surface area contributed by atoms with E-state index in [-0.39, 0.29) is 6.61 Å². The molecular weight excluding hydrogens is 549 g/mol. The van der Waals surface area contributed by atoms with Crippen molar-refractivity contribution in [2.24, 2.45) is 5.10 Å². The van der Waals surface area contributed by atoms with Crippen molar-refractivity contribution in [3.05, 3.63) is 79.6 Å². The Morgan fingerprint density at radius 1 is 1.00 bits per heavy atom. The third-order valence-corrected chi connectivity index (χ3v) is 7.95. The highest BCUT2D eigenvalue weighted by molar-refractivity contribution is 7.17. The van der Waals surface area contributed by atoms with Gasteiger partial charge >= 0.3 is 17.8 Å². The number of aryl methyl sites for hydroxylation is 1. The molecule has 2 N–H and O–H groups in total. The minimum atomic E-state index is -0.955. The van der Waals surface area contributed by atoms with Crippen molar-refractivity contribution in [3.63, 3.8) is 0 Å². The summed E-state index contributed by atoms with van der Waals surface area (Å²) in [5.41, 5.74) is 5.37. The number of hydrogen-bond acceptors (Lipinski definition) is 7. The van der Waals surface area contributed by atoms with Gasteiger partial charge in [0, 0.05) is 20.5 Å². The van der Waals surface area contributed by atoms with Crippen LogP contribution in [0.1, 0.15) is 51.7 Å². The van der Waals surface area contributed by atoms with E-state index >= 15 is 0 Å². The number of nitrogens with zero attached hydrogens (tertiary/aromatic N) is 1. The van der Waals surface area contributed by atoms with Gasteiger partial charge in [-0.25, -0.2) is 10.2 Å². The van der Waals surface area contributed by atoms with E-state index < -0.39 is 17.8 Å². The molecule has 4 rings (SSSR count). The highest BCUT2D eigenvalue weighted by Crippen LogP contribution is 2.38. The lowest BCUT2D eigenvalue weighted by atomic mass is 9.95. The number of ether oxygens (including phenoxy) is 2. The number of rotatable bonds is 7. The van der Waals surface area contributed by atoms with Crippen LogP contribution in [0.2, 0.25) is 10.0 Å². The Balaban J connectivity index is 1.36. The monoisotopic (exact) mass is 573 g/mol. The number of hydrogen-bond donors (Lipinski definition) is 2. The Morgan fingerprint density at radius 2 is 1.68 bits per heavy atom. The molecule has 2 amide bonds. The van der Waals surface area contributed by atoms with Crippen LogP contribution in [-0.2, 0) is 33.8 Å². The van der Waals surface area contributed by atoms with Gasteiger partial charge in [0.05, 0.1) is 18.4 Å². The molecule has 198 valence electrons. The number of amides is 2. The predicted molar refractivity (Wildman–Crippen MR) is 149 cm³/mol. The molecule has 3 aromatic rings. The summed E-state index contributed by atoms with van der Waals surface area (Å²) in [7, 11) is 1.29. The number of halogens is 2. The van der Waals surface area contributed by atoms with E-state index in [1.54, 1.807) is 49.4 Å². The summed E-state index contributed by atoms with van der Waals surface area (Å²) in [4.78, 5) is 38.3. The Kier molecular flexibility index (Phi) is 9.04. The lowest BCUT2D eigenvalue weighted by Gasteiger charge is -2.11. The van der Waals surface area contributed by atoms with Crippen LogP contribution in [-0.4, -0.2) is 30.6 Å². The third-order valence-electron chi connectivity index (χ3n) is 6.04. The molecule has 0 atom stereocenters. The molecule has 0 spiro atoms. The second kappa shape index (κ2) is 12.4. The number of carbonyl (C=O) groups excluding carboxylic acids is 3. The topological polar surface area (TPSA) is 106 Å². The molecule has 1 heterocycles. The zero-order valence-electron chi connectivity index (χ0n) is 20.7. The summed E-state index contributed by atoms with van der Waals surface area (Å²) in [6, 6.07) is 12.3. The molecule has 0 saturated heterocycles. The van der Waals surface area contributed by atoms with E-state index in [0.717, 1.165) is 36.1 Å². The zero-order valence-corrected chi connectivity index (χ0v) is 23.1. The van der Waals surface area contributed by atoms with Crippen molar-refractivity contribution in [1.29, 1.82) is 0 Å². The van der Waals surface area contributed by atoms with Crippen LogP contribution in [0.3, 0.4) is 0 Å². The summed E-state index contributed by atoms with van der Waals surface area (Å²) >= 11 is 13.7. The first-order valence-corrected chi connectivity index (χ1v) is 13.4. The number of benzene rings is 2. The van der Waals surface area contributed by atoms with Crippen molar-refractivity contribution < 1.29 is 23.9 Å². The number of methoxy groups -OCH3 is 1. The Hall–Kier alpha value is -3.40. The largest absolute Gasteiger partial charge is 0.489 e. The SMILES string of the molecule is COC(=O)c1c(NC(=O)C(=O)N/N=C(\C)c2ccc(OCc3c(Cl)cccc3Cl)cc2)sc2c1CCCC2. The van der Waals surface area contributed by atoms with Gasteiger partial charge in [0.15, 0.2) is 0 Å². The molecule has 8 nitrogen and oxygen atoms in total. The van der Waals surface area contributed by atoms with Gasteiger partial charge in [-0.3, -0.25) is 9.59 Å². The molecule has 0 saturated carbocycles. The van der Waals surface area contributed by atoms with Crippen LogP contribution in [0.15, 0.2) is 47.6 Å². The fraction of sp³-hybridized carbons (Fsp3) is 0.259. The summed E-state index contributed by atoms with van der Waals surface area (Å²) in [6.45, 7) is 1.90. The minimum Gasteiger partial charge on any atom is -0.489 e.